The van der Waals surface area contributed by atoms with Gasteiger partial charge in [-0.1, -0.05) is 42.5 Å². The number of likely N-dealkylation sites (N-methyl/N-ethyl adjacent to an activating group) is 1. The van der Waals surface area contributed by atoms with Crippen LogP contribution in [0.25, 0.3) is 0 Å². The fraction of sp³-hybridized carbons (Fsp3) is 0.462. The van der Waals surface area contributed by atoms with Crippen LogP contribution in [0.1, 0.15) is 31.9 Å². The summed E-state index contributed by atoms with van der Waals surface area (Å²) in [5.41, 5.74) is 2.99. The van der Waals surface area contributed by atoms with Gasteiger partial charge in [-0.2, -0.15) is 0 Å². The van der Waals surface area contributed by atoms with Gasteiger partial charge < -0.3 is 19.9 Å². The van der Waals surface area contributed by atoms with Crippen LogP contribution < -0.4 is 10.2 Å². The van der Waals surface area contributed by atoms with Crippen LogP contribution in [-0.2, 0) is 22.6 Å². The molecule has 0 radical (unpaired) electrons. The molecule has 0 saturated carbocycles. The Kier molecular flexibility index (Phi) is 8.33. The van der Waals surface area contributed by atoms with Gasteiger partial charge in [0.05, 0.1) is 0 Å². The minimum Gasteiger partial charge on any atom is -0.444 e. The maximum Gasteiger partial charge on any atom is 0.410 e. The first-order valence-corrected chi connectivity index (χ1v) is 11.5. The van der Waals surface area contributed by atoms with Gasteiger partial charge >= 0.3 is 6.09 Å². The van der Waals surface area contributed by atoms with Gasteiger partial charge in [0, 0.05) is 52.0 Å². The van der Waals surface area contributed by atoms with Gasteiger partial charge in [0.1, 0.15) is 12.1 Å². The molecule has 1 saturated heterocycles. The summed E-state index contributed by atoms with van der Waals surface area (Å²) in [5.74, 6) is -0.213. The van der Waals surface area contributed by atoms with E-state index in [4.69, 9.17) is 4.74 Å². The third kappa shape index (κ3) is 7.79. The van der Waals surface area contributed by atoms with Gasteiger partial charge in [-0.3, -0.25) is 9.69 Å². The number of anilines is 1. The molecular formula is C26H36N4O3. The molecule has 1 aliphatic rings. The Balaban J connectivity index is 1.48. The van der Waals surface area contributed by atoms with Crippen molar-refractivity contribution in [1.29, 1.82) is 0 Å². The third-order valence-electron chi connectivity index (χ3n) is 5.57. The average Bonchev–Trinajstić information content (AvgIpc) is 2.78. The summed E-state index contributed by atoms with van der Waals surface area (Å²) in [6, 6.07) is 18.7. The van der Waals surface area contributed by atoms with E-state index in [1.807, 2.05) is 24.3 Å². The Labute approximate surface area is 197 Å². The summed E-state index contributed by atoms with van der Waals surface area (Å²) in [7, 11) is 1.57. The summed E-state index contributed by atoms with van der Waals surface area (Å²) in [5, 5.41) is 2.94. The van der Waals surface area contributed by atoms with Gasteiger partial charge in [-0.15, -0.1) is 0 Å². The highest BCUT2D eigenvalue weighted by Gasteiger charge is 2.21. The SMILES string of the molecule is CN(CC(=O)NCc1ccccc1CN1CCN(c2ccccc2)CC1)C(=O)OC(C)(C)C. The van der Waals surface area contributed by atoms with Crippen LogP contribution in [0.3, 0.4) is 0 Å². The first-order chi connectivity index (χ1) is 15.7. The molecule has 2 aromatic carbocycles. The zero-order valence-corrected chi connectivity index (χ0v) is 20.2. The van der Waals surface area contributed by atoms with E-state index in [0.717, 1.165) is 38.3 Å². The van der Waals surface area contributed by atoms with Crippen molar-refractivity contribution in [2.45, 2.75) is 39.5 Å². The van der Waals surface area contributed by atoms with Crippen molar-refractivity contribution in [3.63, 3.8) is 0 Å². The van der Waals surface area contributed by atoms with Gasteiger partial charge in [0.2, 0.25) is 5.91 Å². The van der Waals surface area contributed by atoms with Gasteiger partial charge in [0.15, 0.2) is 0 Å². The summed E-state index contributed by atoms with van der Waals surface area (Å²) in [4.78, 5) is 30.6. The molecule has 7 nitrogen and oxygen atoms in total. The van der Waals surface area contributed by atoms with E-state index in [0.29, 0.717) is 6.54 Å². The van der Waals surface area contributed by atoms with E-state index >= 15 is 0 Å². The largest absolute Gasteiger partial charge is 0.444 e. The van der Waals surface area contributed by atoms with Gasteiger partial charge in [-0.05, 0) is 44.0 Å². The van der Waals surface area contributed by atoms with E-state index in [-0.39, 0.29) is 12.5 Å². The minimum atomic E-state index is -0.590. The number of piperazine rings is 1. The molecule has 1 N–H and O–H groups in total. The minimum absolute atomic E-state index is 0.0431. The van der Waals surface area contributed by atoms with Crippen LogP contribution in [0.2, 0.25) is 0 Å². The van der Waals surface area contributed by atoms with Crippen molar-refractivity contribution < 1.29 is 14.3 Å². The fourth-order valence-electron chi connectivity index (χ4n) is 3.80. The molecule has 1 fully saturated rings. The number of carbonyl (C=O) groups excluding carboxylic acids is 2. The molecule has 2 aromatic rings. The zero-order chi connectivity index (χ0) is 23.8. The number of amides is 2. The lowest BCUT2D eigenvalue weighted by Gasteiger charge is -2.36. The van der Waals surface area contributed by atoms with E-state index in [9.17, 15) is 9.59 Å². The lowest BCUT2D eigenvalue weighted by atomic mass is 10.1. The van der Waals surface area contributed by atoms with E-state index in [2.05, 4.69) is 45.4 Å². The smallest absolute Gasteiger partial charge is 0.410 e. The maximum atomic E-state index is 12.4. The van der Waals surface area contributed by atoms with Crippen molar-refractivity contribution in [2.75, 3.05) is 44.7 Å². The predicted octanol–water partition coefficient (Wildman–Crippen LogP) is 3.49. The number of carbonyl (C=O) groups is 2. The van der Waals surface area contributed by atoms with Crippen molar-refractivity contribution in [2.24, 2.45) is 0 Å². The molecule has 7 heteroatoms. The average molecular weight is 453 g/mol. The second-order valence-electron chi connectivity index (χ2n) is 9.48. The molecular weight excluding hydrogens is 416 g/mol. The highest BCUT2D eigenvalue weighted by Crippen LogP contribution is 2.18. The Hall–Kier alpha value is -3.06. The standard InChI is InChI=1S/C26H36N4O3/c1-26(2,3)33-25(32)28(4)20-24(31)27-18-21-10-8-9-11-22(21)19-29-14-16-30(17-15-29)23-12-6-5-7-13-23/h5-13H,14-20H2,1-4H3,(H,27,31). The van der Waals surface area contributed by atoms with Crippen LogP contribution >= 0.6 is 0 Å². The number of nitrogens with one attached hydrogen (secondary N) is 1. The number of rotatable bonds is 7. The third-order valence-corrected chi connectivity index (χ3v) is 5.57. The Morgan fingerprint density at radius 2 is 1.55 bits per heavy atom. The summed E-state index contributed by atoms with van der Waals surface area (Å²) in [6.07, 6.45) is -0.507. The fourth-order valence-corrected chi connectivity index (χ4v) is 3.80. The Bertz CT molecular complexity index is 919. The van der Waals surface area contributed by atoms with Gasteiger partial charge in [-0.25, -0.2) is 4.79 Å². The first-order valence-electron chi connectivity index (χ1n) is 11.5. The Morgan fingerprint density at radius 1 is 0.939 bits per heavy atom. The van der Waals surface area contributed by atoms with Crippen molar-refractivity contribution >= 4 is 17.7 Å². The predicted molar refractivity (Wildman–Crippen MR) is 131 cm³/mol. The lowest BCUT2D eigenvalue weighted by molar-refractivity contribution is -0.122. The van der Waals surface area contributed by atoms with E-state index in [1.54, 1.807) is 27.8 Å². The normalized spacial score (nSPS) is 14.6. The highest BCUT2D eigenvalue weighted by atomic mass is 16.6. The number of hydrogen-bond donors (Lipinski definition) is 1. The van der Waals surface area contributed by atoms with E-state index < -0.39 is 11.7 Å². The highest BCUT2D eigenvalue weighted by molar-refractivity contribution is 5.82. The molecule has 0 unspecified atom stereocenters. The molecule has 0 aromatic heterocycles. The molecule has 1 aliphatic heterocycles. The summed E-state index contributed by atoms with van der Waals surface area (Å²) < 4.78 is 5.30. The molecule has 1 heterocycles. The number of para-hydroxylation sites is 1. The molecule has 33 heavy (non-hydrogen) atoms. The Morgan fingerprint density at radius 3 is 2.18 bits per heavy atom. The van der Waals surface area contributed by atoms with Crippen molar-refractivity contribution in [3.05, 3.63) is 65.7 Å². The number of nitrogens with zero attached hydrogens (tertiary/aromatic N) is 3. The van der Waals surface area contributed by atoms with Crippen LogP contribution in [0.5, 0.6) is 0 Å². The summed E-state index contributed by atoms with van der Waals surface area (Å²) >= 11 is 0. The van der Waals surface area contributed by atoms with Crippen LogP contribution in [0.4, 0.5) is 10.5 Å². The molecule has 0 bridgehead atoms. The van der Waals surface area contributed by atoms with E-state index in [1.165, 1.54) is 16.2 Å². The van der Waals surface area contributed by atoms with Crippen LogP contribution in [0, 0.1) is 0 Å². The lowest BCUT2D eigenvalue weighted by Crippen LogP contribution is -2.46. The number of benzene rings is 2. The number of ether oxygens (including phenoxy) is 1. The molecule has 3 rings (SSSR count). The van der Waals surface area contributed by atoms with Crippen LogP contribution in [0.15, 0.2) is 54.6 Å². The maximum absolute atomic E-state index is 12.4. The second-order valence-corrected chi connectivity index (χ2v) is 9.48. The van der Waals surface area contributed by atoms with Crippen molar-refractivity contribution in [1.82, 2.24) is 15.1 Å². The molecule has 178 valence electrons. The number of hydrogen-bond acceptors (Lipinski definition) is 5. The summed E-state index contributed by atoms with van der Waals surface area (Å²) in [6.45, 7) is 10.6. The molecule has 0 spiro atoms. The molecule has 0 atom stereocenters. The molecule has 2 amide bonds. The quantitative estimate of drug-likeness (QED) is 0.697. The van der Waals surface area contributed by atoms with Gasteiger partial charge in [0.25, 0.3) is 0 Å². The monoisotopic (exact) mass is 452 g/mol. The van der Waals surface area contributed by atoms with Crippen molar-refractivity contribution in [3.8, 4) is 0 Å². The van der Waals surface area contributed by atoms with Crippen LogP contribution in [-0.4, -0.2) is 67.2 Å². The molecule has 0 aliphatic carbocycles. The zero-order valence-electron chi connectivity index (χ0n) is 20.2. The second kappa shape index (κ2) is 11.2. The first kappa shape index (κ1) is 24.6. The topological polar surface area (TPSA) is 65.1 Å².